The second-order valence-electron chi connectivity index (χ2n) is 4.26. The van der Waals surface area contributed by atoms with E-state index in [4.69, 9.17) is 10.00 Å². The van der Waals surface area contributed by atoms with Gasteiger partial charge in [-0.1, -0.05) is 30.3 Å². The maximum absolute atomic E-state index is 13.8. The van der Waals surface area contributed by atoms with Crippen molar-refractivity contribution in [1.82, 2.24) is 5.32 Å². The fraction of sp³-hybridized carbons (Fsp3) is 0.125. The summed E-state index contributed by atoms with van der Waals surface area (Å²) in [5, 5.41) is 10.7. The number of ether oxygens (including phenoxy) is 1. The lowest BCUT2D eigenvalue weighted by atomic mass is 10.2. The molecule has 0 bridgehead atoms. The molecular formula is C16H13FN2O2. The molecule has 0 atom stereocenters. The Balaban J connectivity index is 2.02. The van der Waals surface area contributed by atoms with Crippen molar-refractivity contribution >= 4 is 5.91 Å². The summed E-state index contributed by atoms with van der Waals surface area (Å²) in [6.07, 6.45) is 0. The molecule has 0 aliphatic carbocycles. The first-order chi connectivity index (χ1) is 10.2. The Morgan fingerprint density at radius 2 is 2.00 bits per heavy atom. The molecular weight excluding hydrogens is 271 g/mol. The van der Waals surface area contributed by atoms with E-state index >= 15 is 0 Å². The van der Waals surface area contributed by atoms with E-state index in [2.05, 4.69) is 5.32 Å². The normalized spacial score (nSPS) is 9.71. The highest BCUT2D eigenvalue weighted by molar-refractivity contribution is 5.94. The van der Waals surface area contributed by atoms with Crippen molar-refractivity contribution in [3.05, 3.63) is 65.5 Å². The number of carbonyl (C=O) groups is 1. The van der Waals surface area contributed by atoms with Crippen LogP contribution in [0.4, 0.5) is 4.39 Å². The molecule has 2 aromatic rings. The Kier molecular flexibility index (Phi) is 4.89. The van der Waals surface area contributed by atoms with E-state index in [-0.39, 0.29) is 12.1 Å². The predicted molar refractivity (Wildman–Crippen MR) is 75.1 cm³/mol. The van der Waals surface area contributed by atoms with Crippen LogP contribution in [0.2, 0.25) is 0 Å². The Bertz CT molecular complexity index is 666. The van der Waals surface area contributed by atoms with Gasteiger partial charge in [-0.25, -0.2) is 4.39 Å². The second-order valence-corrected chi connectivity index (χ2v) is 4.26. The van der Waals surface area contributed by atoms with E-state index in [1.54, 1.807) is 6.07 Å². The van der Waals surface area contributed by atoms with Gasteiger partial charge in [-0.05, 0) is 17.7 Å². The van der Waals surface area contributed by atoms with Gasteiger partial charge in [0, 0.05) is 6.07 Å². The molecule has 21 heavy (non-hydrogen) atoms. The van der Waals surface area contributed by atoms with Gasteiger partial charge in [-0.2, -0.15) is 5.26 Å². The number of hydrogen-bond donors (Lipinski definition) is 1. The molecule has 2 rings (SSSR count). The fourth-order valence-electron chi connectivity index (χ4n) is 1.73. The predicted octanol–water partition coefficient (Wildman–Crippen LogP) is 2.66. The van der Waals surface area contributed by atoms with Crippen LogP contribution in [0.25, 0.3) is 0 Å². The number of nitrogens with one attached hydrogen (secondary N) is 1. The lowest BCUT2D eigenvalue weighted by molar-refractivity contribution is 0.0954. The van der Waals surface area contributed by atoms with Crippen molar-refractivity contribution in [1.29, 1.82) is 5.26 Å². The molecule has 2 aromatic carbocycles. The SMILES string of the molecule is N#CCNC(=O)c1ccc(OCc2ccccc2)cc1F. The van der Waals surface area contributed by atoms with E-state index in [0.717, 1.165) is 11.6 Å². The maximum Gasteiger partial charge on any atom is 0.255 e. The van der Waals surface area contributed by atoms with E-state index < -0.39 is 11.7 Å². The van der Waals surface area contributed by atoms with Crippen LogP contribution in [-0.4, -0.2) is 12.5 Å². The van der Waals surface area contributed by atoms with E-state index in [9.17, 15) is 9.18 Å². The highest BCUT2D eigenvalue weighted by Crippen LogP contribution is 2.18. The molecule has 0 spiro atoms. The molecule has 0 fully saturated rings. The lowest BCUT2D eigenvalue weighted by Gasteiger charge is -2.08. The van der Waals surface area contributed by atoms with Gasteiger partial charge in [0.05, 0.1) is 11.6 Å². The van der Waals surface area contributed by atoms with Gasteiger partial charge in [0.1, 0.15) is 24.7 Å². The molecule has 1 N–H and O–H groups in total. The van der Waals surface area contributed by atoms with Crippen molar-refractivity contribution in [2.45, 2.75) is 6.61 Å². The lowest BCUT2D eigenvalue weighted by Crippen LogP contribution is -2.24. The summed E-state index contributed by atoms with van der Waals surface area (Å²) < 4.78 is 19.3. The Labute approximate surface area is 121 Å². The van der Waals surface area contributed by atoms with Crippen LogP contribution < -0.4 is 10.1 Å². The first kappa shape index (κ1) is 14.5. The third kappa shape index (κ3) is 4.05. The summed E-state index contributed by atoms with van der Waals surface area (Å²) in [5.41, 5.74) is 0.853. The third-order valence-corrected chi connectivity index (χ3v) is 2.76. The van der Waals surface area contributed by atoms with Crippen LogP contribution >= 0.6 is 0 Å². The molecule has 1 amide bonds. The zero-order valence-corrected chi connectivity index (χ0v) is 11.2. The molecule has 0 saturated heterocycles. The van der Waals surface area contributed by atoms with Crippen molar-refractivity contribution in [2.75, 3.05) is 6.54 Å². The highest BCUT2D eigenvalue weighted by Gasteiger charge is 2.12. The van der Waals surface area contributed by atoms with Crippen LogP contribution in [0.5, 0.6) is 5.75 Å². The average Bonchev–Trinajstić information content (AvgIpc) is 2.51. The summed E-state index contributed by atoms with van der Waals surface area (Å²) >= 11 is 0. The van der Waals surface area contributed by atoms with Gasteiger partial charge in [0.25, 0.3) is 5.91 Å². The first-order valence-corrected chi connectivity index (χ1v) is 6.32. The molecule has 5 heteroatoms. The van der Waals surface area contributed by atoms with Gasteiger partial charge < -0.3 is 10.1 Å². The van der Waals surface area contributed by atoms with Crippen LogP contribution in [0.3, 0.4) is 0 Å². The minimum absolute atomic E-state index is 0.114. The van der Waals surface area contributed by atoms with E-state index in [0.29, 0.717) is 12.4 Å². The second kappa shape index (κ2) is 7.06. The largest absolute Gasteiger partial charge is 0.489 e. The molecule has 0 aromatic heterocycles. The minimum atomic E-state index is -0.684. The van der Waals surface area contributed by atoms with Gasteiger partial charge >= 0.3 is 0 Å². The van der Waals surface area contributed by atoms with Crippen molar-refractivity contribution in [3.8, 4) is 11.8 Å². The summed E-state index contributed by atoms with van der Waals surface area (Å²) in [6, 6.07) is 15.3. The first-order valence-electron chi connectivity index (χ1n) is 6.32. The van der Waals surface area contributed by atoms with E-state index in [1.165, 1.54) is 12.1 Å². The maximum atomic E-state index is 13.8. The summed E-state index contributed by atoms with van der Waals surface area (Å²) in [4.78, 5) is 11.6. The van der Waals surface area contributed by atoms with Gasteiger partial charge in [-0.3, -0.25) is 4.79 Å². The number of rotatable bonds is 5. The summed E-state index contributed by atoms with van der Waals surface area (Å²) in [5.74, 6) is -0.965. The van der Waals surface area contributed by atoms with Crippen molar-refractivity contribution < 1.29 is 13.9 Å². The van der Waals surface area contributed by atoms with Crippen molar-refractivity contribution in [2.24, 2.45) is 0 Å². The van der Waals surface area contributed by atoms with Crippen molar-refractivity contribution in [3.63, 3.8) is 0 Å². The zero-order valence-electron chi connectivity index (χ0n) is 11.2. The third-order valence-electron chi connectivity index (χ3n) is 2.76. The average molecular weight is 284 g/mol. The molecule has 0 aliphatic heterocycles. The Morgan fingerprint density at radius 1 is 1.24 bits per heavy atom. The number of benzene rings is 2. The van der Waals surface area contributed by atoms with Gasteiger partial charge in [0.15, 0.2) is 0 Å². The number of hydrogen-bond acceptors (Lipinski definition) is 3. The zero-order chi connectivity index (χ0) is 15.1. The van der Waals surface area contributed by atoms with Gasteiger partial charge in [-0.15, -0.1) is 0 Å². The number of nitrogens with zero attached hydrogens (tertiary/aromatic N) is 1. The van der Waals surface area contributed by atoms with Crippen LogP contribution in [-0.2, 0) is 6.61 Å². The van der Waals surface area contributed by atoms with Gasteiger partial charge in [0.2, 0.25) is 0 Å². The van der Waals surface area contributed by atoms with Crippen LogP contribution in [0, 0.1) is 17.1 Å². The highest BCUT2D eigenvalue weighted by atomic mass is 19.1. The molecule has 0 radical (unpaired) electrons. The monoisotopic (exact) mass is 284 g/mol. The standard InChI is InChI=1S/C16H13FN2O2/c17-15-10-13(21-11-12-4-2-1-3-5-12)6-7-14(15)16(20)19-9-8-18/h1-7,10H,9,11H2,(H,19,20). The van der Waals surface area contributed by atoms with E-state index in [1.807, 2.05) is 30.3 Å². The number of halogens is 1. The number of nitriles is 1. The topological polar surface area (TPSA) is 62.1 Å². The quantitative estimate of drug-likeness (QED) is 0.859. The number of carbonyl (C=O) groups excluding carboxylic acids is 1. The molecule has 4 nitrogen and oxygen atoms in total. The molecule has 0 saturated carbocycles. The van der Waals surface area contributed by atoms with Crippen LogP contribution in [0.1, 0.15) is 15.9 Å². The molecule has 0 aliphatic rings. The molecule has 0 unspecified atom stereocenters. The smallest absolute Gasteiger partial charge is 0.255 e. The number of amides is 1. The van der Waals surface area contributed by atoms with Crippen LogP contribution in [0.15, 0.2) is 48.5 Å². The summed E-state index contributed by atoms with van der Waals surface area (Å²) in [7, 11) is 0. The molecule has 0 heterocycles. The Morgan fingerprint density at radius 3 is 2.67 bits per heavy atom. The summed E-state index contributed by atoms with van der Waals surface area (Å²) in [6.45, 7) is 0.158. The fourth-order valence-corrected chi connectivity index (χ4v) is 1.73. The Hall–Kier alpha value is -2.87. The minimum Gasteiger partial charge on any atom is -0.489 e. The molecule has 106 valence electrons.